The fourth-order valence-corrected chi connectivity index (χ4v) is 7.86. The van der Waals surface area contributed by atoms with E-state index in [0.717, 1.165) is 23.7 Å². The molecule has 0 amide bonds. The first-order valence-electron chi connectivity index (χ1n) is 4.64. The minimum absolute atomic E-state index is 0.583. The molecular formula is C8H12O2S3. The lowest BCUT2D eigenvalue weighted by Crippen LogP contribution is -2.19. The van der Waals surface area contributed by atoms with E-state index in [9.17, 15) is 0 Å². The molecule has 3 aliphatic rings. The Morgan fingerprint density at radius 2 is 1.38 bits per heavy atom. The van der Waals surface area contributed by atoms with Crippen LogP contribution in [-0.4, -0.2) is 35.9 Å². The lowest BCUT2D eigenvalue weighted by molar-refractivity contribution is 0.377. The first-order chi connectivity index (χ1) is 6.42. The highest BCUT2D eigenvalue weighted by Gasteiger charge is 2.39. The van der Waals surface area contributed by atoms with Crippen molar-refractivity contribution in [2.24, 2.45) is 0 Å². The van der Waals surface area contributed by atoms with Gasteiger partial charge in [0.15, 0.2) is 0 Å². The van der Waals surface area contributed by atoms with E-state index in [1.54, 1.807) is 0 Å². The minimum Gasteiger partial charge on any atom is -0.373 e. The van der Waals surface area contributed by atoms with Gasteiger partial charge < -0.3 is 9.47 Å². The summed E-state index contributed by atoms with van der Waals surface area (Å²) in [7, 11) is 6.02. The van der Waals surface area contributed by atoms with Gasteiger partial charge in [-0.1, -0.05) is 21.6 Å². The van der Waals surface area contributed by atoms with Crippen LogP contribution in [0.2, 0.25) is 0 Å². The number of epoxide rings is 2. The quantitative estimate of drug-likeness (QED) is 0.551. The van der Waals surface area contributed by atoms with E-state index in [4.69, 9.17) is 9.47 Å². The molecule has 0 saturated carbocycles. The Balaban J connectivity index is 1.51. The van der Waals surface area contributed by atoms with Crippen molar-refractivity contribution >= 4 is 31.4 Å². The molecule has 13 heavy (non-hydrogen) atoms. The molecule has 74 valence electrons. The zero-order valence-electron chi connectivity index (χ0n) is 7.18. The van der Waals surface area contributed by atoms with E-state index in [2.05, 4.69) is 0 Å². The van der Waals surface area contributed by atoms with Crippen LogP contribution in [-0.2, 0) is 9.47 Å². The van der Waals surface area contributed by atoms with E-state index in [1.807, 2.05) is 31.4 Å². The SMILES string of the molecule is C1OC1CC1SSSC1CC1CO1. The van der Waals surface area contributed by atoms with Crippen molar-refractivity contribution in [2.75, 3.05) is 13.2 Å². The monoisotopic (exact) mass is 236 g/mol. The second-order valence-corrected chi connectivity index (χ2v) is 8.24. The molecule has 0 aliphatic carbocycles. The van der Waals surface area contributed by atoms with Crippen LogP contribution >= 0.6 is 31.4 Å². The van der Waals surface area contributed by atoms with E-state index < -0.39 is 0 Å². The first kappa shape index (κ1) is 9.21. The van der Waals surface area contributed by atoms with Gasteiger partial charge in [0.1, 0.15) is 0 Å². The average Bonchev–Trinajstić information content (AvgIpc) is 2.95. The molecule has 0 aromatic rings. The van der Waals surface area contributed by atoms with E-state index in [1.165, 1.54) is 12.8 Å². The summed E-state index contributed by atoms with van der Waals surface area (Å²) in [6, 6.07) is 0. The molecule has 4 atom stereocenters. The minimum atomic E-state index is 0.583. The molecule has 0 spiro atoms. The van der Waals surface area contributed by atoms with Crippen LogP contribution in [0.5, 0.6) is 0 Å². The molecule has 0 aromatic carbocycles. The summed E-state index contributed by atoms with van der Waals surface area (Å²) < 4.78 is 10.6. The molecule has 0 aromatic heterocycles. The molecule has 4 unspecified atom stereocenters. The molecule has 3 rings (SSSR count). The Hall–Kier alpha value is 0.970. The molecule has 0 radical (unpaired) electrons. The summed E-state index contributed by atoms with van der Waals surface area (Å²) in [6.07, 6.45) is 3.67. The Bertz CT molecular complexity index is 174. The summed E-state index contributed by atoms with van der Waals surface area (Å²) >= 11 is 0. The van der Waals surface area contributed by atoms with Gasteiger partial charge in [-0.3, -0.25) is 0 Å². The topological polar surface area (TPSA) is 25.1 Å². The van der Waals surface area contributed by atoms with Gasteiger partial charge in [-0.25, -0.2) is 0 Å². The molecule has 3 fully saturated rings. The number of rotatable bonds is 4. The summed E-state index contributed by atoms with van der Waals surface area (Å²) in [4.78, 5) is 0. The molecule has 2 nitrogen and oxygen atoms in total. The smallest absolute Gasteiger partial charge is 0.0821 e. The van der Waals surface area contributed by atoms with Crippen molar-refractivity contribution in [2.45, 2.75) is 35.5 Å². The van der Waals surface area contributed by atoms with Crippen molar-refractivity contribution in [3.05, 3.63) is 0 Å². The van der Waals surface area contributed by atoms with Gasteiger partial charge in [0.25, 0.3) is 0 Å². The fourth-order valence-electron chi connectivity index (χ4n) is 1.56. The van der Waals surface area contributed by atoms with Gasteiger partial charge >= 0.3 is 0 Å². The van der Waals surface area contributed by atoms with Crippen LogP contribution in [0.15, 0.2) is 0 Å². The number of hydrogen-bond acceptors (Lipinski definition) is 5. The zero-order chi connectivity index (χ0) is 8.67. The third-order valence-electron chi connectivity index (χ3n) is 2.54. The van der Waals surface area contributed by atoms with Gasteiger partial charge in [-0.05, 0) is 22.7 Å². The maximum Gasteiger partial charge on any atom is 0.0821 e. The van der Waals surface area contributed by atoms with Crippen LogP contribution in [0.3, 0.4) is 0 Å². The van der Waals surface area contributed by atoms with Crippen molar-refractivity contribution < 1.29 is 9.47 Å². The maximum absolute atomic E-state index is 5.28. The predicted molar refractivity (Wildman–Crippen MR) is 59.1 cm³/mol. The summed E-state index contributed by atoms with van der Waals surface area (Å²) in [5.74, 6) is 0. The normalized spacial score (nSPS) is 48.0. The molecule has 5 heteroatoms. The van der Waals surface area contributed by atoms with Crippen LogP contribution in [0.25, 0.3) is 0 Å². The first-order valence-corrected chi connectivity index (χ1v) is 8.25. The van der Waals surface area contributed by atoms with Crippen LogP contribution in [0, 0.1) is 0 Å². The Morgan fingerprint density at radius 1 is 0.923 bits per heavy atom. The highest BCUT2D eigenvalue weighted by molar-refractivity contribution is 9.11. The van der Waals surface area contributed by atoms with Crippen molar-refractivity contribution in [3.63, 3.8) is 0 Å². The maximum atomic E-state index is 5.28. The van der Waals surface area contributed by atoms with Crippen molar-refractivity contribution in [3.8, 4) is 0 Å². The Labute approximate surface area is 89.7 Å². The summed E-state index contributed by atoms with van der Waals surface area (Å²) in [5.41, 5.74) is 0. The molecule has 0 N–H and O–H groups in total. The Morgan fingerprint density at radius 3 is 1.77 bits per heavy atom. The third-order valence-corrected chi connectivity index (χ3v) is 7.77. The van der Waals surface area contributed by atoms with Gasteiger partial charge in [0, 0.05) is 10.5 Å². The van der Waals surface area contributed by atoms with Crippen LogP contribution in [0.1, 0.15) is 12.8 Å². The number of ether oxygens (including phenoxy) is 2. The zero-order valence-corrected chi connectivity index (χ0v) is 9.63. The largest absolute Gasteiger partial charge is 0.373 e. The second-order valence-electron chi connectivity index (χ2n) is 3.72. The van der Waals surface area contributed by atoms with Crippen LogP contribution in [0.4, 0.5) is 0 Å². The number of hydrogen-bond donors (Lipinski definition) is 0. The predicted octanol–water partition coefficient (Wildman–Crippen LogP) is 2.34. The fraction of sp³-hybridized carbons (Fsp3) is 1.00. The Kier molecular flexibility index (Phi) is 2.73. The highest BCUT2D eigenvalue weighted by Crippen LogP contribution is 2.55. The van der Waals surface area contributed by atoms with E-state index >= 15 is 0 Å². The van der Waals surface area contributed by atoms with E-state index in [-0.39, 0.29) is 0 Å². The van der Waals surface area contributed by atoms with Crippen molar-refractivity contribution in [1.82, 2.24) is 0 Å². The molecule has 3 heterocycles. The standard InChI is InChI=1S/C8H12O2S3/c1(5-3-9-5)7-8(12-13-11-7)2-6-4-10-6/h5-8H,1-4H2. The molecule has 3 aliphatic heterocycles. The molecule has 3 saturated heterocycles. The van der Waals surface area contributed by atoms with Gasteiger partial charge in [0.05, 0.1) is 25.4 Å². The summed E-state index contributed by atoms with van der Waals surface area (Å²) in [5, 5.41) is 1.60. The molecular weight excluding hydrogens is 224 g/mol. The summed E-state index contributed by atoms with van der Waals surface area (Å²) in [6.45, 7) is 2.00. The lowest BCUT2D eigenvalue weighted by atomic mass is 10.1. The van der Waals surface area contributed by atoms with Crippen molar-refractivity contribution in [1.29, 1.82) is 0 Å². The lowest BCUT2D eigenvalue weighted by Gasteiger charge is -2.13. The highest BCUT2D eigenvalue weighted by atomic mass is 33.5. The van der Waals surface area contributed by atoms with Gasteiger partial charge in [0.2, 0.25) is 0 Å². The molecule has 0 bridgehead atoms. The second kappa shape index (κ2) is 3.85. The average molecular weight is 236 g/mol. The van der Waals surface area contributed by atoms with Gasteiger partial charge in [-0.15, -0.1) is 0 Å². The van der Waals surface area contributed by atoms with Gasteiger partial charge in [-0.2, -0.15) is 0 Å². The third kappa shape index (κ3) is 2.50. The van der Waals surface area contributed by atoms with E-state index in [0.29, 0.717) is 12.2 Å². The van der Waals surface area contributed by atoms with Crippen LogP contribution < -0.4 is 0 Å².